The molecule has 0 aliphatic carbocycles. The van der Waals surface area contributed by atoms with Crippen molar-refractivity contribution in [3.63, 3.8) is 0 Å². The van der Waals surface area contributed by atoms with Crippen LogP contribution in [0.25, 0.3) is 0 Å². The lowest BCUT2D eigenvalue weighted by molar-refractivity contribution is 0.172. The summed E-state index contributed by atoms with van der Waals surface area (Å²) in [5, 5.41) is 4.01. The number of nitrogens with two attached hydrogens (primary N) is 1. The third-order valence-electron chi connectivity index (χ3n) is 5.43. The number of thioether (sulfide) groups is 1. The molecular formula is C20H24F4N4S. The second kappa shape index (κ2) is 7.59. The number of alkyl halides is 1. The number of fused-ring (bicyclic) bond motifs is 1. The predicted molar refractivity (Wildman–Crippen MR) is 105 cm³/mol. The van der Waals surface area contributed by atoms with Crippen LogP contribution >= 0.6 is 11.8 Å². The minimum Gasteiger partial charge on any atom is -0.326 e. The van der Waals surface area contributed by atoms with Crippen molar-refractivity contribution in [3.05, 3.63) is 52.6 Å². The molecule has 0 saturated carbocycles. The van der Waals surface area contributed by atoms with E-state index >= 15 is 0 Å². The van der Waals surface area contributed by atoms with E-state index in [1.54, 1.807) is 4.68 Å². The largest absolute Gasteiger partial charge is 0.326 e. The van der Waals surface area contributed by atoms with E-state index in [0.29, 0.717) is 31.3 Å². The van der Waals surface area contributed by atoms with Crippen molar-refractivity contribution < 1.29 is 17.6 Å². The first-order valence-electron chi connectivity index (χ1n) is 9.60. The molecule has 0 bridgehead atoms. The molecule has 2 aliphatic rings. The molecule has 29 heavy (non-hydrogen) atoms. The molecule has 0 radical (unpaired) electrons. The van der Waals surface area contributed by atoms with Crippen LogP contribution in [-0.2, 0) is 19.6 Å². The summed E-state index contributed by atoms with van der Waals surface area (Å²) in [6.07, 6.45) is 2.48. The highest BCUT2D eigenvalue weighted by atomic mass is 32.2. The van der Waals surface area contributed by atoms with E-state index in [9.17, 15) is 17.6 Å². The Bertz CT molecular complexity index is 887. The van der Waals surface area contributed by atoms with Crippen LogP contribution in [0.3, 0.4) is 0 Å². The van der Waals surface area contributed by atoms with Gasteiger partial charge in [-0.25, -0.2) is 17.6 Å². The van der Waals surface area contributed by atoms with E-state index in [2.05, 4.69) is 10.00 Å². The molecule has 1 fully saturated rings. The zero-order valence-electron chi connectivity index (χ0n) is 16.3. The number of rotatable bonds is 4. The molecule has 4 nitrogen and oxygen atoms in total. The lowest BCUT2D eigenvalue weighted by Gasteiger charge is -2.38. The van der Waals surface area contributed by atoms with Gasteiger partial charge in [-0.2, -0.15) is 16.9 Å². The van der Waals surface area contributed by atoms with Crippen LogP contribution in [0.4, 0.5) is 17.6 Å². The molecule has 2 aromatic rings. The lowest BCUT2D eigenvalue weighted by Crippen LogP contribution is -2.44. The Balaban J connectivity index is 1.41. The fourth-order valence-corrected chi connectivity index (χ4v) is 5.65. The number of nitrogens with zero attached hydrogens (tertiary/aromatic N) is 3. The average Bonchev–Trinajstić information content (AvgIpc) is 3.15. The third kappa shape index (κ3) is 4.32. The Morgan fingerprint density at radius 3 is 2.66 bits per heavy atom. The second-order valence-electron chi connectivity index (χ2n) is 8.52. The molecule has 1 unspecified atom stereocenters. The van der Waals surface area contributed by atoms with Gasteiger partial charge in [-0.05, 0) is 26.3 Å². The monoisotopic (exact) mass is 428 g/mol. The van der Waals surface area contributed by atoms with Gasteiger partial charge >= 0.3 is 0 Å². The maximum atomic E-state index is 14.2. The molecule has 158 valence electrons. The third-order valence-corrected chi connectivity index (χ3v) is 6.97. The van der Waals surface area contributed by atoms with Gasteiger partial charge in [0.15, 0.2) is 11.6 Å². The van der Waals surface area contributed by atoms with Crippen LogP contribution in [0.1, 0.15) is 42.3 Å². The highest BCUT2D eigenvalue weighted by Crippen LogP contribution is 2.42. The van der Waals surface area contributed by atoms with Crippen LogP contribution in [0.15, 0.2) is 18.3 Å². The molecule has 4 rings (SSSR count). The molecule has 1 aromatic carbocycles. The summed E-state index contributed by atoms with van der Waals surface area (Å²) in [4.78, 5) is 2.26. The summed E-state index contributed by atoms with van der Waals surface area (Å²) in [7, 11) is 0. The van der Waals surface area contributed by atoms with E-state index < -0.39 is 34.4 Å². The average molecular weight is 428 g/mol. The van der Waals surface area contributed by atoms with Gasteiger partial charge in [0.25, 0.3) is 0 Å². The van der Waals surface area contributed by atoms with Gasteiger partial charge in [0.2, 0.25) is 0 Å². The van der Waals surface area contributed by atoms with Gasteiger partial charge in [0, 0.05) is 59.6 Å². The van der Waals surface area contributed by atoms with Gasteiger partial charge in [-0.3, -0.25) is 9.58 Å². The topological polar surface area (TPSA) is 47.1 Å². The Morgan fingerprint density at radius 1 is 1.24 bits per heavy atom. The Labute approximate surface area is 171 Å². The summed E-state index contributed by atoms with van der Waals surface area (Å²) >= 11 is 1.43. The van der Waals surface area contributed by atoms with Crippen LogP contribution in [0.5, 0.6) is 0 Å². The molecular weight excluding hydrogens is 404 g/mol. The Hall–Kier alpha value is -1.58. The standard InChI is InChI=1S/C20H24F4N4S/c1-20(2,24)10-28-7-11-6-27(8-17(11)26-28)13-5-16(25)19(29-9-13)14-3-12(21)4-15(22)18(14)23/h3-4,7,13,16,19H,5-6,8-10,25H2,1-2H3/t13-,16+,19?/m1/s1. The van der Waals surface area contributed by atoms with E-state index in [0.717, 1.165) is 17.3 Å². The number of aromatic nitrogens is 2. The van der Waals surface area contributed by atoms with Crippen molar-refractivity contribution in [1.29, 1.82) is 0 Å². The molecule has 0 amide bonds. The van der Waals surface area contributed by atoms with Crippen molar-refractivity contribution in [2.24, 2.45) is 5.73 Å². The smallest absolute Gasteiger partial charge is 0.163 e. The van der Waals surface area contributed by atoms with Gasteiger partial charge in [-0.15, -0.1) is 0 Å². The lowest BCUT2D eigenvalue weighted by atomic mass is 9.98. The van der Waals surface area contributed by atoms with E-state index in [4.69, 9.17) is 5.73 Å². The van der Waals surface area contributed by atoms with E-state index in [1.807, 2.05) is 6.20 Å². The van der Waals surface area contributed by atoms with Gasteiger partial charge < -0.3 is 5.73 Å². The fraction of sp³-hybridized carbons (Fsp3) is 0.550. The minimum atomic E-state index is -1.33. The maximum Gasteiger partial charge on any atom is 0.163 e. The van der Waals surface area contributed by atoms with Crippen molar-refractivity contribution in [3.8, 4) is 0 Å². The number of halogens is 4. The van der Waals surface area contributed by atoms with Crippen LogP contribution in [0.2, 0.25) is 0 Å². The first-order valence-corrected chi connectivity index (χ1v) is 10.7. The van der Waals surface area contributed by atoms with Crippen molar-refractivity contribution in [1.82, 2.24) is 14.7 Å². The predicted octanol–water partition coefficient (Wildman–Crippen LogP) is 3.94. The highest BCUT2D eigenvalue weighted by Gasteiger charge is 2.37. The Morgan fingerprint density at radius 2 is 2.00 bits per heavy atom. The van der Waals surface area contributed by atoms with Gasteiger partial charge in [0.05, 0.1) is 12.2 Å². The molecule has 1 saturated heterocycles. The normalized spacial score (nSPS) is 25.4. The summed E-state index contributed by atoms with van der Waals surface area (Å²) in [5.74, 6) is -2.33. The first kappa shape index (κ1) is 20.7. The van der Waals surface area contributed by atoms with Crippen molar-refractivity contribution in [2.75, 3.05) is 5.75 Å². The van der Waals surface area contributed by atoms with Gasteiger partial charge in [0.1, 0.15) is 11.5 Å². The molecule has 2 N–H and O–H groups in total. The first-order chi connectivity index (χ1) is 13.6. The zero-order valence-corrected chi connectivity index (χ0v) is 17.2. The number of benzene rings is 1. The molecule has 0 spiro atoms. The summed E-state index contributed by atoms with van der Waals surface area (Å²) in [6, 6.07) is 1.32. The summed E-state index contributed by atoms with van der Waals surface area (Å²) in [6.45, 7) is 4.61. The van der Waals surface area contributed by atoms with Crippen LogP contribution < -0.4 is 5.73 Å². The van der Waals surface area contributed by atoms with E-state index in [1.165, 1.54) is 25.6 Å². The summed E-state index contributed by atoms with van der Waals surface area (Å²) < 4.78 is 56.8. The summed E-state index contributed by atoms with van der Waals surface area (Å²) in [5.41, 5.74) is 6.97. The molecule has 1 aromatic heterocycles. The van der Waals surface area contributed by atoms with Crippen LogP contribution in [-0.4, -0.2) is 38.2 Å². The molecule has 3 atom stereocenters. The van der Waals surface area contributed by atoms with Crippen LogP contribution in [0, 0.1) is 17.5 Å². The second-order valence-corrected chi connectivity index (χ2v) is 9.69. The minimum absolute atomic E-state index is 0.00620. The Kier molecular flexibility index (Phi) is 5.41. The van der Waals surface area contributed by atoms with Crippen molar-refractivity contribution in [2.45, 2.75) is 62.9 Å². The molecule has 3 heterocycles. The maximum absolute atomic E-state index is 14.2. The zero-order chi connectivity index (χ0) is 20.9. The van der Waals surface area contributed by atoms with Crippen molar-refractivity contribution >= 4 is 11.8 Å². The van der Waals surface area contributed by atoms with E-state index in [-0.39, 0.29) is 18.2 Å². The molecule has 2 aliphatic heterocycles. The quantitative estimate of drug-likeness (QED) is 0.592. The SMILES string of the molecule is CC(C)(F)Cn1cc2c(n1)CN([C@H]1CSC(c3cc(F)cc(F)c3F)[C@@H](N)C1)C2. The number of hydrogen-bond acceptors (Lipinski definition) is 4. The van der Waals surface area contributed by atoms with Gasteiger partial charge in [-0.1, -0.05) is 0 Å². The highest BCUT2D eigenvalue weighted by molar-refractivity contribution is 7.99. The number of hydrogen-bond donors (Lipinski definition) is 1. The molecule has 9 heteroatoms. The fourth-order valence-electron chi connectivity index (χ4n) is 4.16.